The third-order valence-electron chi connectivity index (χ3n) is 2.29. The van der Waals surface area contributed by atoms with E-state index in [0.717, 1.165) is 5.56 Å². The molecule has 0 radical (unpaired) electrons. The van der Waals surface area contributed by atoms with Gasteiger partial charge in [-0.05, 0) is 35.4 Å². The van der Waals surface area contributed by atoms with Crippen LogP contribution in [0.3, 0.4) is 0 Å². The summed E-state index contributed by atoms with van der Waals surface area (Å²) in [6.07, 6.45) is 1.83. The lowest BCUT2D eigenvalue weighted by molar-refractivity contribution is -0.126. The first kappa shape index (κ1) is 11.0. The standard InChI is InChI=1S/C11H12N2O2S/c1-8-10(6-9-2-5-16-7-9)11(15)13(12-8)3-4-14/h2,5-7,14H,3-4H2,1H3. The molecular formula is C11H12N2O2S. The van der Waals surface area contributed by atoms with Gasteiger partial charge in [0.05, 0.1) is 24.4 Å². The molecule has 1 aliphatic rings. The van der Waals surface area contributed by atoms with Crippen molar-refractivity contribution in [2.75, 3.05) is 13.2 Å². The van der Waals surface area contributed by atoms with Crippen LogP contribution in [0.2, 0.25) is 0 Å². The molecule has 1 aromatic rings. The normalized spacial score (nSPS) is 18.4. The molecule has 2 rings (SSSR count). The summed E-state index contributed by atoms with van der Waals surface area (Å²) < 4.78 is 0. The highest BCUT2D eigenvalue weighted by Crippen LogP contribution is 2.19. The Kier molecular flexibility index (Phi) is 3.17. The van der Waals surface area contributed by atoms with Crippen molar-refractivity contribution >= 4 is 29.0 Å². The highest BCUT2D eigenvalue weighted by atomic mass is 32.1. The predicted octanol–water partition coefficient (Wildman–Crippen LogP) is 1.34. The second-order valence-electron chi connectivity index (χ2n) is 3.45. The molecule has 0 spiro atoms. The van der Waals surface area contributed by atoms with Crippen LogP contribution in [0.15, 0.2) is 27.5 Å². The first-order chi connectivity index (χ1) is 7.72. The summed E-state index contributed by atoms with van der Waals surface area (Å²) in [5, 5.41) is 18.1. The largest absolute Gasteiger partial charge is 0.394 e. The zero-order valence-electron chi connectivity index (χ0n) is 8.88. The van der Waals surface area contributed by atoms with Gasteiger partial charge in [0.2, 0.25) is 0 Å². The van der Waals surface area contributed by atoms with Crippen LogP contribution >= 0.6 is 11.3 Å². The number of amides is 1. The molecule has 0 aromatic carbocycles. The average molecular weight is 236 g/mol. The van der Waals surface area contributed by atoms with E-state index in [1.54, 1.807) is 18.3 Å². The van der Waals surface area contributed by atoms with Crippen molar-refractivity contribution in [2.24, 2.45) is 5.10 Å². The van der Waals surface area contributed by atoms with Crippen LogP contribution in [0.25, 0.3) is 6.08 Å². The van der Waals surface area contributed by atoms with Gasteiger partial charge in [0, 0.05) is 0 Å². The Morgan fingerprint density at radius 1 is 1.62 bits per heavy atom. The molecule has 0 aliphatic carbocycles. The number of aliphatic hydroxyl groups excluding tert-OH is 1. The van der Waals surface area contributed by atoms with Gasteiger partial charge in [-0.15, -0.1) is 0 Å². The predicted molar refractivity (Wildman–Crippen MR) is 64.2 cm³/mol. The van der Waals surface area contributed by atoms with Gasteiger partial charge in [-0.1, -0.05) is 0 Å². The number of aliphatic hydroxyl groups is 1. The third kappa shape index (κ3) is 2.05. The summed E-state index contributed by atoms with van der Waals surface area (Å²) in [7, 11) is 0. The Labute approximate surface area is 97.5 Å². The fourth-order valence-corrected chi connectivity index (χ4v) is 2.13. The lowest BCUT2D eigenvalue weighted by atomic mass is 10.1. The Morgan fingerprint density at radius 3 is 3.06 bits per heavy atom. The van der Waals surface area contributed by atoms with E-state index in [-0.39, 0.29) is 19.1 Å². The molecule has 16 heavy (non-hydrogen) atoms. The van der Waals surface area contributed by atoms with Crippen molar-refractivity contribution in [2.45, 2.75) is 6.92 Å². The van der Waals surface area contributed by atoms with E-state index in [9.17, 15) is 4.79 Å². The van der Waals surface area contributed by atoms with Crippen molar-refractivity contribution in [1.82, 2.24) is 5.01 Å². The summed E-state index contributed by atoms with van der Waals surface area (Å²) in [4.78, 5) is 11.9. The second kappa shape index (κ2) is 4.59. The first-order valence-electron chi connectivity index (χ1n) is 4.94. The summed E-state index contributed by atoms with van der Waals surface area (Å²) in [5.41, 5.74) is 2.31. The Hall–Kier alpha value is -1.46. The van der Waals surface area contributed by atoms with E-state index < -0.39 is 0 Å². The molecule has 4 nitrogen and oxygen atoms in total. The van der Waals surface area contributed by atoms with Crippen molar-refractivity contribution < 1.29 is 9.90 Å². The zero-order valence-corrected chi connectivity index (χ0v) is 9.70. The topological polar surface area (TPSA) is 52.9 Å². The van der Waals surface area contributed by atoms with E-state index in [0.29, 0.717) is 11.3 Å². The molecule has 2 heterocycles. The van der Waals surface area contributed by atoms with Crippen LogP contribution in [0.5, 0.6) is 0 Å². The van der Waals surface area contributed by atoms with Gasteiger partial charge >= 0.3 is 0 Å². The molecule has 0 atom stereocenters. The number of hydrogen-bond donors (Lipinski definition) is 1. The highest BCUT2D eigenvalue weighted by molar-refractivity contribution is 7.08. The van der Waals surface area contributed by atoms with E-state index in [2.05, 4.69) is 5.10 Å². The molecule has 84 valence electrons. The smallest absolute Gasteiger partial charge is 0.275 e. The third-order valence-corrected chi connectivity index (χ3v) is 2.99. The number of thiophene rings is 1. The minimum Gasteiger partial charge on any atom is -0.394 e. The molecule has 0 bridgehead atoms. The fourth-order valence-electron chi connectivity index (χ4n) is 1.51. The highest BCUT2D eigenvalue weighted by Gasteiger charge is 2.26. The van der Waals surface area contributed by atoms with Crippen LogP contribution < -0.4 is 0 Å². The summed E-state index contributed by atoms with van der Waals surface area (Å²) in [6, 6.07) is 1.95. The molecule has 0 saturated carbocycles. The van der Waals surface area contributed by atoms with Gasteiger partial charge in [0.1, 0.15) is 0 Å². The van der Waals surface area contributed by atoms with Gasteiger partial charge < -0.3 is 5.11 Å². The Bertz CT molecular complexity index is 449. The van der Waals surface area contributed by atoms with E-state index in [1.807, 2.05) is 22.9 Å². The number of carbonyl (C=O) groups is 1. The van der Waals surface area contributed by atoms with Crippen molar-refractivity contribution in [3.05, 3.63) is 28.0 Å². The molecule has 1 N–H and O–H groups in total. The van der Waals surface area contributed by atoms with Crippen molar-refractivity contribution in [3.63, 3.8) is 0 Å². The number of hydrogen-bond acceptors (Lipinski definition) is 4. The SMILES string of the molecule is CC1=NN(CCO)C(=O)C1=Cc1ccsc1. The number of rotatable bonds is 3. The molecule has 1 aliphatic heterocycles. The lowest BCUT2D eigenvalue weighted by Crippen LogP contribution is -2.25. The Balaban J connectivity index is 2.25. The summed E-state index contributed by atoms with van der Waals surface area (Å²) >= 11 is 1.59. The van der Waals surface area contributed by atoms with Crippen molar-refractivity contribution in [1.29, 1.82) is 0 Å². The van der Waals surface area contributed by atoms with Gasteiger partial charge in [0.25, 0.3) is 5.91 Å². The number of carbonyl (C=O) groups excluding carboxylic acids is 1. The van der Waals surface area contributed by atoms with Gasteiger partial charge in [-0.2, -0.15) is 16.4 Å². The van der Waals surface area contributed by atoms with Crippen LogP contribution in [-0.4, -0.2) is 34.9 Å². The monoisotopic (exact) mass is 236 g/mol. The average Bonchev–Trinajstić information content (AvgIpc) is 2.84. The summed E-state index contributed by atoms with van der Waals surface area (Å²) in [5.74, 6) is -0.141. The number of hydrazone groups is 1. The minimum absolute atomic E-state index is 0.0751. The molecular weight excluding hydrogens is 224 g/mol. The number of β-amino-alcohol motifs (C(OH)–C–C–N with tert-alkyl or cyclic N) is 1. The van der Waals surface area contributed by atoms with Crippen LogP contribution in [0, 0.1) is 0 Å². The van der Waals surface area contributed by atoms with Crippen LogP contribution in [-0.2, 0) is 4.79 Å². The van der Waals surface area contributed by atoms with Gasteiger partial charge in [0.15, 0.2) is 0 Å². The van der Waals surface area contributed by atoms with Crippen LogP contribution in [0.1, 0.15) is 12.5 Å². The van der Waals surface area contributed by atoms with E-state index >= 15 is 0 Å². The first-order valence-corrected chi connectivity index (χ1v) is 5.89. The summed E-state index contributed by atoms with van der Waals surface area (Å²) in [6.45, 7) is 1.97. The zero-order chi connectivity index (χ0) is 11.5. The van der Waals surface area contributed by atoms with E-state index in [4.69, 9.17) is 5.11 Å². The maximum absolute atomic E-state index is 11.9. The molecule has 5 heteroatoms. The maximum atomic E-state index is 11.9. The molecule has 0 saturated heterocycles. The number of nitrogens with zero attached hydrogens (tertiary/aromatic N) is 2. The molecule has 0 unspecified atom stereocenters. The maximum Gasteiger partial charge on any atom is 0.275 e. The van der Waals surface area contributed by atoms with Crippen LogP contribution in [0.4, 0.5) is 0 Å². The minimum atomic E-state index is -0.141. The second-order valence-corrected chi connectivity index (χ2v) is 4.23. The fraction of sp³-hybridized carbons (Fsp3) is 0.273. The quantitative estimate of drug-likeness (QED) is 0.805. The molecule has 1 amide bonds. The van der Waals surface area contributed by atoms with Gasteiger partial charge in [-0.3, -0.25) is 4.79 Å². The van der Waals surface area contributed by atoms with Gasteiger partial charge in [-0.25, -0.2) is 5.01 Å². The molecule has 0 fully saturated rings. The van der Waals surface area contributed by atoms with E-state index in [1.165, 1.54) is 5.01 Å². The Morgan fingerprint density at radius 2 is 2.44 bits per heavy atom. The lowest BCUT2D eigenvalue weighted by Gasteiger charge is -2.08. The van der Waals surface area contributed by atoms with Crippen molar-refractivity contribution in [3.8, 4) is 0 Å². The molecule has 1 aromatic heterocycles.